The Morgan fingerprint density at radius 1 is 1.71 bits per heavy atom. The van der Waals surface area contributed by atoms with Crippen molar-refractivity contribution >= 4 is 5.97 Å². The second-order valence-electron chi connectivity index (χ2n) is 3.13. The maximum absolute atomic E-state index is 11.1. The van der Waals surface area contributed by atoms with Crippen molar-refractivity contribution in [2.45, 2.75) is 18.9 Å². The fourth-order valence-corrected chi connectivity index (χ4v) is 1.25. The van der Waals surface area contributed by atoms with Crippen LogP contribution in [0.15, 0.2) is 0 Å². The van der Waals surface area contributed by atoms with Crippen molar-refractivity contribution in [2.24, 2.45) is 0 Å². The summed E-state index contributed by atoms with van der Waals surface area (Å²) in [6, 6.07) is 0. The zero-order chi connectivity index (χ0) is 10.2. The van der Waals surface area contributed by atoms with Gasteiger partial charge >= 0.3 is 5.97 Å². The van der Waals surface area contributed by atoms with Crippen LogP contribution >= 0.6 is 0 Å². The first-order valence-electron chi connectivity index (χ1n) is 4.74. The molecular formula is C10H15NO3. The molecule has 1 aliphatic heterocycles. The van der Waals surface area contributed by atoms with E-state index in [1.54, 1.807) is 0 Å². The van der Waals surface area contributed by atoms with Gasteiger partial charge in [0.2, 0.25) is 0 Å². The number of ether oxygens (including phenoxy) is 2. The Morgan fingerprint density at radius 3 is 3.21 bits per heavy atom. The predicted molar refractivity (Wildman–Crippen MR) is 51.6 cm³/mol. The lowest BCUT2D eigenvalue weighted by Crippen LogP contribution is -2.27. The number of esters is 1. The molecule has 4 nitrogen and oxygen atoms in total. The molecule has 0 bridgehead atoms. The molecule has 0 aromatic carbocycles. The summed E-state index contributed by atoms with van der Waals surface area (Å²) < 4.78 is 10.3. The standard InChI is InChI=1S/C10H15NO3/c1-2-5-11-7-10(12)14-8-9-4-3-6-13-9/h1,9,11H,3-8H2. The number of nitrogens with one attached hydrogen (secondary N) is 1. The lowest BCUT2D eigenvalue weighted by Gasteiger charge is -2.09. The van der Waals surface area contributed by atoms with Crippen LogP contribution in [0.5, 0.6) is 0 Å². The van der Waals surface area contributed by atoms with E-state index in [0.29, 0.717) is 13.2 Å². The number of carbonyl (C=O) groups excluding carboxylic acids is 1. The fourth-order valence-electron chi connectivity index (χ4n) is 1.25. The topological polar surface area (TPSA) is 47.6 Å². The molecule has 0 aromatic rings. The minimum Gasteiger partial charge on any atom is -0.462 e. The minimum absolute atomic E-state index is 0.0894. The maximum Gasteiger partial charge on any atom is 0.320 e. The normalized spacial score (nSPS) is 20.4. The van der Waals surface area contributed by atoms with Gasteiger partial charge in [0.15, 0.2) is 0 Å². The average Bonchev–Trinajstić information content (AvgIpc) is 2.68. The summed E-state index contributed by atoms with van der Waals surface area (Å²) >= 11 is 0. The van der Waals surface area contributed by atoms with Gasteiger partial charge in [-0.15, -0.1) is 6.42 Å². The summed E-state index contributed by atoms with van der Waals surface area (Å²) in [5, 5.41) is 2.76. The first kappa shape index (κ1) is 11.0. The van der Waals surface area contributed by atoms with Crippen LogP contribution in [0.1, 0.15) is 12.8 Å². The van der Waals surface area contributed by atoms with Gasteiger partial charge in [0.05, 0.1) is 19.2 Å². The minimum atomic E-state index is -0.282. The molecule has 0 aromatic heterocycles. The number of hydrogen-bond donors (Lipinski definition) is 1. The van der Waals surface area contributed by atoms with Crippen molar-refractivity contribution in [3.05, 3.63) is 0 Å². The van der Waals surface area contributed by atoms with Gasteiger partial charge in [-0.25, -0.2) is 0 Å². The molecule has 1 atom stereocenters. The predicted octanol–water partition coefficient (Wildman–Crippen LogP) is -0.0686. The SMILES string of the molecule is C#CCNCC(=O)OCC1CCCO1. The highest BCUT2D eigenvalue weighted by Gasteiger charge is 2.16. The van der Waals surface area contributed by atoms with Crippen LogP contribution in [0.2, 0.25) is 0 Å². The Bertz CT molecular complexity index is 216. The number of terminal acetylenes is 1. The smallest absolute Gasteiger partial charge is 0.320 e. The van der Waals surface area contributed by atoms with Crippen molar-refractivity contribution in [1.82, 2.24) is 5.32 Å². The third kappa shape index (κ3) is 4.26. The summed E-state index contributed by atoms with van der Waals surface area (Å²) in [6.45, 7) is 1.68. The Morgan fingerprint density at radius 2 is 2.57 bits per heavy atom. The summed E-state index contributed by atoms with van der Waals surface area (Å²) in [5.74, 6) is 2.09. The molecular weight excluding hydrogens is 182 g/mol. The molecule has 0 amide bonds. The average molecular weight is 197 g/mol. The van der Waals surface area contributed by atoms with Crippen LogP contribution < -0.4 is 5.32 Å². The van der Waals surface area contributed by atoms with E-state index in [-0.39, 0.29) is 18.6 Å². The van der Waals surface area contributed by atoms with Gasteiger partial charge in [-0.2, -0.15) is 0 Å². The Kier molecular flexibility index (Phi) is 5.05. The molecule has 1 heterocycles. The van der Waals surface area contributed by atoms with Crippen molar-refractivity contribution in [3.63, 3.8) is 0 Å². The fraction of sp³-hybridized carbons (Fsp3) is 0.700. The monoisotopic (exact) mass is 197 g/mol. The van der Waals surface area contributed by atoms with Gasteiger partial charge in [0.1, 0.15) is 6.61 Å². The summed E-state index contributed by atoms with van der Waals surface area (Å²) in [4.78, 5) is 11.1. The van der Waals surface area contributed by atoms with Crippen LogP contribution in [0.25, 0.3) is 0 Å². The van der Waals surface area contributed by atoms with Crippen molar-refractivity contribution in [2.75, 3.05) is 26.3 Å². The van der Waals surface area contributed by atoms with Crippen molar-refractivity contribution in [3.8, 4) is 12.3 Å². The molecule has 0 saturated carbocycles. The van der Waals surface area contributed by atoms with Crippen LogP contribution in [0.4, 0.5) is 0 Å². The van der Waals surface area contributed by atoms with Gasteiger partial charge < -0.3 is 9.47 Å². The van der Waals surface area contributed by atoms with E-state index in [1.807, 2.05) is 0 Å². The zero-order valence-electron chi connectivity index (χ0n) is 8.12. The van der Waals surface area contributed by atoms with Crippen LogP contribution in [0, 0.1) is 12.3 Å². The van der Waals surface area contributed by atoms with Crippen LogP contribution in [-0.2, 0) is 14.3 Å². The molecule has 0 radical (unpaired) electrons. The number of carbonyl (C=O) groups is 1. The van der Waals surface area contributed by atoms with Gasteiger partial charge in [0, 0.05) is 6.61 Å². The van der Waals surface area contributed by atoms with E-state index in [0.717, 1.165) is 19.4 Å². The summed E-state index contributed by atoms with van der Waals surface area (Å²) in [6.07, 6.45) is 7.12. The van der Waals surface area contributed by atoms with Crippen LogP contribution in [0.3, 0.4) is 0 Å². The molecule has 1 fully saturated rings. The van der Waals surface area contributed by atoms with E-state index in [2.05, 4.69) is 11.2 Å². The Hall–Kier alpha value is -1.05. The molecule has 0 aliphatic carbocycles. The zero-order valence-corrected chi connectivity index (χ0v) is 8.12. The van der Waals surface area contributed by atoms with Gasteiger partial charge in [0.25, 0.3) is 0 Å². The molecule has 14 heavy (non-hydrogen) atoms. The summed E-state index contributed by atoms with van der Waals surface area (Å²) in [7, 11) is 0. The number of rotatable bonds is 5. The molecule has 78 valence electrons. The summed E-state index contributed by atoms with van der Waals surface area (Å²) in [5.41, 5.74) is 0. The highest BCUT2D eigenvalue weighted by molar-refractivity contribution is 5.71. The molecule has 4 heteroatoms. The first-order valence-corrected chi connectivity index (χ1v) is 4.74. The molecule has 1 saturated heterocycles. The van der Waals surface area contributed by atoms with E-state index >= 15 is 0 Å². The molecule has 0 spiro atoms. The van der Waals surface area contributed by atoms with E-state index in [4.69, 9.17) is 15.9 Å². The number of hydrogen-bond acceptors (Lipinski definition) is 4. The van der Waals surface area contributed by atoms with Crippen molar-refractivity contribution in [1.29, 1.82) is 0 Å². The van der Waals surface area contributed by atoms with Gasteiger partial charge in [-0.1, -0.05) is 5.92 Å². The third-order valence-electron chi connectivity index (χ3n) is 1.95. The highest BCUT2D eigenvalue weighted by Crippen LogP contribution is 2.11. The highest BCUT2D eigenvalue weighted by atomic mass is 16.6. The lowest BCUT2D eigenvalue weighted by atomic mass is 10.2. The van der Waals surface area contributed by atoms with Gasteiger partial charge in [-0.05, 0) is 12.8 Å². The third-order valence-corrected chi connectivity index (χ3v) is 1.95. The van der Waals surface area contributed by atoms with E-state index in [9.17, 15) is 4.79 Å². The molecule has 1 aliphatic rings. The molecule has 1 unspecified atom stereocenters. The lowest BCUT2D eigenvalue weighted by molar-refractivity contribution is -0.145. The van der Waals surface area contributed by atoms with Gasteiger partial charge in [-0.3, -0.25) is 10.1 Å². The van der Waals surface area contributed by atoms with Crippen LogP contribution in [-0.4, -0.2) is 38.4 Å². The maximum atomic E-state index is 11.1. The second kappa shape index (κ2) is 6.41. The largest absolute Gasteiger partial charge is 0.462 e. The molecule has 1 N–H and O–H groups in total. The molecule has 1 rings (SSSR count). The Labute approximate surface area is 84.0 Å². The quantitative estimate of drug-likeness (QED) is 0.381. The van der Waals surface area contributed by atoms with E-state index in [1.165, 1.54) is 0 Å². The first-order chi connectivity index (χ1) is 6.83. The Balaban J connectivity index is 2.00. The second-order valence-corrected chi connectivity index (χ2v) is 3.13. The van der Waals surface area contributed by atoms with E-state index < -0.39 is 0 Å². The van der Waals surface area contributed by atoms with Crippen molar-refractivity contribution < 1.29 is 14.3 Å².